The number of hydrogen-bond donors (Lipinski definition) is 3. The highest BCUT2D eigenvalue weighted by atomic mass is 32.1. The van der Waals surface area contributed by atoms with Gasteiger partial charge in [0.2, 0.25) is 0 Å². The molecule has 1 aromatic carbocycles. The van der Waals surface area contributed by atoms with Crippen molar-refractivity contribution in [3.63, 3.8) is 0 Å². The van der Waals surface area contributed by atoms with Crippen LogP contribution in [0.3, 0.4) is 0 Å². The Morgan fingerprint density at radius 2 is 1.81 bits per heavy atom. The van der Waals surface area contributed by atoms with Crippen LogP contribution < -0.4 is 5.32 Å². The van der Waals surface area contributed by atoms with E-state index in [0.29, 0.717) is 5.69 Å². The molecule has 0 spiro atoms. The second kappa shape index (κ2) is 7.78. The van der Waals surface area contributed by atoms with Crippen molar-refractivity contribution in [1.29, 1.82) is 0 Å². The molecule has 2 aromatic rings. The number of benzene rings is 1. The molecule has 0 bridgehead atoms. The van der Waals surface area contributed by atoms with Gasteiger partial charge in [-0.05, 0) is 17.5 Å². The molecule has 1 aromatic heterocycles. The standard InChI is InChI=1S/C15H18N2O3S/c18-9-7-17(8-10-19)15(20)16-13-5-2-1-4-12(13)14-6-3-11-21-14/h1-6,11,18-19H,7-10H2,(H,16,20). The highest BCUT2D eigenvalue weighted by Crippen LogP contribution is 2.31. The average Bonchev–Trinajstić information content (AvgIpc) is 3.01. The summed E-state index contributed by atoms with van der Waals surface area (Å²) in [7, 11) is 0. The van der Waals surface area contributed by atoms with Gasteiger partial charge in [0.15, 0.2) is 0 Å². The lowest BCUT2D eigenvalue weighted by Crippen LogP contribution is -2.39. The number of urea groups is 1. The highest BCUT2D eigenvalue weighted by Gasteiger charge is 2.14. The van der Waals surface area contributed by atoms with Gasteiger partial charge in [-0.1, -0.05) is 24.3 Å². The first-order valence-corrected chi connectivity index (χ1v) is 7.54. The summed E-state index contributed by atoms with van der Waals surface area (Å²) in [6.45, 7) is 0.0983. The lowest BCUT2D eigenvalue weighted by Gasteiger charge is -2.22. The molecule has 21 heavy (non-hydrogen) atoms. The molecule has 0 aliphatic carbocycles. The van der Waals surface area contributed by atoms with Crippen molar-refractivity contribution in [2.24, 2.45) is 0 Å². The molecule has 5 nitrogen and oxygen atoms in total. The smallest absolute Gasteiger partial charge is 0.322 e. The van der Waals surface area contributed by atoms with Gasteiger partial charge in [-0.3, -0.25) is 0 Å². The van der Waals surface area contributed by atoms with Crippen LogP contribution in [0.25, 0.3) is 10.4 Å². The Morgan fingerprint density at radius 3 is 2.43 bits per heavy atom. The molecule has 112 valence electrons. The molecule has 3 N–H and O–H groups in total. The van der Waals surface area contributed by atoms with E-state index in [1.165, 1.54) is 4.90 Å². The minimum Gasteiger partial charge on any atom is -0.395 e. The predicted molar refractivity (Wildman–Crippen MR) is 84.5 cm³/mol. The SMILES string of the molecule is O=C(Nc1ccccc1-c1cccs1)N(CCO)CCO. The van der Waals surface area contributed by atoms with Crippen LogP contribution in [0.4, 0.5) is 10.5 Å². The lowest BCUT2D eigenvalue weighted by molar-refractivity contribution is 0.167. The van der Waals surface area contributed by atoms with E-state index >= 15 is 0 Å². The number of rotatable bonds is 6. The van der Waals surface area contributed by atoms with Gasteiger partial charge < -0.3 is 20.4 Å². The van der Waals surface area contributed by atoms with Gasteiger partial charge in [0.05, 0.1) is 18.9 Å². The number of aliphatic hydroxyl groups is 2. The normalized spacial score (nSPS) is 10.4. The topological polar surface area (TPSA) is 72.8 Å². The largest absolute Gasteiger partial charge is 0.395 e. The Hall–Kier alpha value is -1.89. The van der Waals surface area contributed by atoms with Gasteiger partial charge in [-0.15, -0.1) is 11.3 Å². The van der Waals surface area contributed by atoms with E-state index in [9.17, 15) is 4.79 Å². The van der Waals surface area contributed by atoms with Crippen molar-refractivity contribution >= 4 is 23.1 Å². The number of amides is 2. The minimum atomic E-state index is -0.331. The van der Waals surface area contributed by atoms with Crippen LogP contribution in [0, 0.1) is 0 Å². The van der Waals surface area contributed by atoms with E-state index in [2.05, 4.69) is 5.32 Å². The Morgan fingerprint density at radius 1 is 1.10 bits per heavy atom. The Bertz CT molecular complexity index is 566. The van der Waals surface area contributed by atoms with Crippen LogP contribution in [-0.4, -0.2) is 47.4 Å². The quantitative estimate of drug-likeness (QED) is 0.766. The molecule has 0 aliphatic rings. The fourth-order valence-electron chi connectivity index (χ4n) is 1.99. The Labute approximate surface area is 127 Å². The first kappa shape index (κ1) is 15.5. The number of aliphatic hydroxyl groups excluding tert-OH is 2. The zero-order valence-corrected chi connectivity index (χ0v) is 12.3. The minimum absolute atomic E-state index is 0.139. The zero-order valence-electron chi connectivity index (χ0n) is 11.5. The van der Waals surface area contributed by atoms with Crippen molar-refractivity contribution in [2.75, 3.05) is 31.6 Å². The fourth-order valence-corrected chi connectivity index (χ4v) is 2.76. The third-order valence-corrected chi connectivity index (χ3v) is 3.89. The monoisotopic (exact) mass is 306 g/mol. The molecule has 0 aliphatic heterocycles. The summed E-state index contributed by atoms with van der Waals surface area (Å²) in [6, 6.07) is 11.2. The summed E-state index contributed by atoms with van der Waals surface area (Å²) in [5, 5.41) is 22.8. The number of nitrogens with zero attached hydrogens (tertiary/aromatic N) is 1. The van der Waals surface area contributed by atoms with E-state index in [-0.39, 0.29) is 32.3 Å². The van der Waals surface area contributed by atoms with Gasteiger partial charge >= 0.3 is 6.03 Å². The summed E-state index contributed by atoms with van der Waals surface area (Å²) in [6.07, 6.45) is 0. The van der Waals surface area contributed by atoms with Crippen LogP contribution in [-0.2, 0) is 0 Å². The molecule has 6 heteroatoms. The van der Waals surface area contributed by atoms with Crippen LogP contribution in [0.1, 0.15) is 0 Å². The summed E-state index contributed by atoms with van der Waals surface area (Å²) < 4.78 is 0. The van der Waals surface area contributed by atoms with Crippen molar-refractivity contribution in [1.82, 2.24) is 4.90 Å². The zero-order chi connectivity index (χ0) is 15.1. The van der Waals surface area contributed by atoms with E-state index in [1.54, 1.807) is 11.3 Å². The van der Waals surface area contributed by atoms with Gasteiger partial charge in [-0.2, -0.15) is 0 Å². The number of thiophene rings is 1. The number of anilines is 1. The molecule has 1 heterocycles. The van der Waals surface area contributed by atoms with E-state index in [0.717, 1.165) is 10.4 Å². The number of nitrogens with one attached hydrogen (secondary N) is 1. The maximum atomic E-state index is 12.2. The van der Waals surface area contributed by atoms with Crippen molar-refractivity contribution in [3.8, 4) is 10.4 Å². The second-order valence-electron chi connectivity index (χ2n) is 4.39. The summed E-state index contributed by atoms with van der Waals surface area (Å²) in [5.74, 6) is 0. The summed E-state index contributed by atoms with van der Waals surface area (Å²) in [5.41, 5.74) is 1.67. The molecule has 0 atom stereocenters. The van der Waals surface area contributed by atoms with Gasteiger partial charge in [-0.25, -0.2) is 4.79 Å². The number of carbonyl (C=O) groups is 1. The number of hydrogen-bond acceptors (Lipinski definition) is 4. The molecule has 2 amide bonds. The highest BCUT2D eigenvalue weighted by molar-refractivity contribution is 7.13. The molecule has 0 saturated heterocycles. The van der Waals surface area contributed by atoms with E-state index < -0.39 is 0 Å². The molecule has 0 unspecified atom stereocenters. The van der Waals surface area contributed by atoms with Crippen molar-refractivity contribution in [2.45, 2.75) is 0 Å². The molecular formula is C15H18N2O3S. The maximum Gasteiger partial charge on any atom is 0.322 e. The van der Waals surface area contributed by atoms with Crippen molar-refractivity contribution in [3.05, 3.63) is 41.8 Å². The maximum absolute atomic E-state index is 12.2. The van der Waals surface area contributed by atoms with Gasteiger partial charge in [0, 0.05) is 23.5 Å². The first-order valence-electron chi connectivity index (χ1n) is 6.67. The lowest BCUT2D eigenvalue weighted by atomic mass is 10.1. The third-order valence-electron chi connectivity index (χ3n) is 2.98. The van der Waals surface area contributed by atoms with Crippen LogP contribution in [0.2, 0.25) is 0 Å². The average molecular weight is 306 g/mol. The Kier molecular flexibility index (Phi) is 5.74. The molecule has 0 radical (unpaired) electrons. The summed E-state index contributed by atoms with van der Waals surface area (Å²) >= 11 is 1.60. The van der Waals surface area contributed by atoms with Gasteiger partial charge in [0.1, 0.15) is 0 Å². The third kappa shape index (κ3) is 4.04. The number of para-hydroxylation sites is 1. The van der Waals surface area contributed by atoms with E-state index in [1.807, 2.05) is 41.8 Å². The van der Waals surface area contributed by atoms with Crippen LogP contribution in [0.5, 0.6) is 0 Å². The number of carbonyl (C=O) groups excluding carboxylic acids is 1. The Balaban J connectivity index is 2.17. The fraction of sp³-hybridized carbons (Fsp3) is 0.267. The van der Waals surface area contributed by atoms with Gasteiger partial charge in [0.25, 0.3) is 0 Å². The predicted octanol–water partition coefficient (Wildman–Crippen LogP) is 2.23. The van der Waals surface area contributed by atoms with Crippen molar-refractivity contribution < 1.29 is 15.0 Å². The summed E-state index contributed by atoms with van der Waals surface area (Å²) in [4.78, 5) is 14.7. The molecule has 2 rings (SSSR count). The van der Waals surface area contributed by atoms with Crippen LogP contribution in [0.15, 0.2) is 41.8 Å². The molecule has 0 saturated carbocycles. The second-order valence-corrected chi connectivity index (χ2v) is 5.33. The van der Waals surface area contributed by atoms with E-state index in [4.69, 9.17) is 10.2 Å². The molecular weight excluding hydrogens is 288 g/mol. The first-order chi connectivity index (χ1) is 10.3. The van der Waals surface area contributed by atoms with Crippen LogP contribution >= 0.6 is 11.3 Å². The molecule has 0 fully saturated rings.